The highest BCUT2D eigenvalue weighted by molar-refractivity contribution is 7.46. The molecule has 1 aliphatic rings. The molecule has 1 aromatic rings. The maximum atomic E-state index is 14.7. The molecule has 2 heterocycles. The van der Waals surface area contributed by atoms with Crippen molar-refractivity contribution in [3.63, 3.8) is 0 Å². The van der Waals surface area contributed by atoms with Crippen molar-refractivity contribution >= 4 is 31.8 Å². The summed E-state index contributed by atoms with van der Waals surface area (Å²) in [5, 5.41) is 4.87. The number of aldehydes is 1. The standard InChI is InChI=1S/C16H21F2N4O10P/c1-19-4-2-13(25)30-8-12(24)20-11-3-5-22(15(26)21-11)14-16(17,18)9(6-23)10(32-14)7-31-33(27,28)29/h3,5-6,9-10,14,19H,2,4,7-8H2,1H3,(H2,27,28,29)(H,20,21,24,26)/t9?,10-,14-/m1/s1. The lowest BCUT2D eigenvalue weighted by Gasteiger charge is -2.21. The smallest absolute Gasteiger partial charge is 0.456 e. The maximum absolute atomic E-state index is 14.7. The normalized spacial score (nSPS) is 22.0. The van der Waals surface area contributed by atoms with E-state index in [1.807, 2.05) is 0 Å². The van der Waals surface area contributed by atoms with E-state index < -0.39 is 62.8 Å². The lowest BCUT2D eigenvalue weighted by Crippen LogP contribution is -2.39. The molecule has 0 bridgehead atoms. The van der Waals surface area contributed by atoms with Crippen LogP contribution in [0.5, 0.6) is 0 Å². The van der Waals surface area contributed by atoms with Gasteiger partial charge in [-0.3, -0.25) is 18.7 Å². The van der Waals surface area contributed by atoms with Gasteiger partial charge in [0.2, 0.25) is 6.23 Å². The molecular weight excluding hydrogens is 477 g/mol. The van der Waals surface area contributed by atoms with Crippen molar-refractivity contribution in [2.75, 3.05) is 32.1 Å². The maximum Gasteiger partial charge on any atom is 0.469 e. The number of amides is 1. The van der Waals surface area contributed by atoms with Gasteiger partial charge in [-0.2, -0.15) is 4.98 Å². The minimum atomic E-state index is -5.03. The molecule has 0 aliphatic carbocycles. The zero-order valence-electron chi connectivity index (χ0n) is 17.1. The first-order chi connectivity index (χ1) is 15.4. The summed E-state index contributed by atoms with van der Waals surface area (Å²) in [6, 6.07) is 0.983. The monoisotopic (exact) mass is 498 g/mol. The van der Waals surface area contributed by atoms with E-state index >= 15 is 0 Å². The predicted octanol–water partition coefficient (Wildman–Crippen LogP) is -1.21. The number of hydrogen-bond donors (Lipinski definition) is 4. The molecule has 3 atom stereocenters. The third-order valence-electron chi connectivity index (χ3n) is 4.32. The number of anilines is 1. The summed E-state index contributed by atoms with van der Waals surface area (Å²) in [4.78, 5) is 67.5. The number of carbonyl (C=O) groups excluding carboxylic acids is 3. The van der Waals surface area contributed by atoms with Crippen LogP contribution in [0.25, 0.3) is 0 Å². The Morgan fingerprint density at radius 1 is 1.42 bits per heavy atom. The summed E-state index contributed by atoms with van der Waals surface area (Å²) in [6.07, 6.45) is -3.43. The molecule has 1 amide bonds. The second-order valence-electron chi connectivity index (χ2n) is 6.71. The number of carbonyl (C=O) groups is 3. The number of nitrogens with one attached hydrogen (secondary N) is 2. The number of ether oxygens (including phenoxy) is 2. The zero-order valence-corrected chi connectivity index (χ0v) is 17.9. The first-order valence-electron chi connectivity index (χ1n) is 9.27. The van der Waals surface area contributed by atoms with Crippen LogP contribution >= 0.6 is 7.82 Å². The van der Waals surface area contributed by atoms with Gasteiger partial charge in [0.05, 0.1) is 19.1 Å². The van der Waals surface area contributed by atoms with E-state index in [1.54, 1.807) is 7.05 Å². The molecule has 0 aromatic carbocycles. The summed E-state index contributed by atoms with van der Waals surface area (Å²) >= 11 is 0. The highest BCUT2D eigenvalue weighted by atomic mass is 31.2. The molecule has 17 heteroatoms. The Kier molecular flexibility index (Phi) is 8.88. The molecule has 1 aliphatic heterocycles. The Morgan fingerprint density at radius 3 is 2.70 bits per heavy atom. The topological polar surface area (TPSA) is 195 Å². The van der Waals surface area contributed by atoms with Crippen molar-refractivity contribution in [2.24, 2.45) is 5.92 Å². The first kappa shape index (κ1) is 26.6. The number of aromatic nitrogens is 2. The molecule has 2 rings (SSSR count). The average molecular weight is 498 g/mol. The third-order valence-corrected chi connectivity index (χ3v) is 4.81. The van der Waals surface area contributed by atoms with Crippen LogP contribution in [0.2, 0.25) is 0 Å². The van der Waals surface area contributed by atoms with Crippen LogP contribution in [-0.2, 0) is 32.9 Å². The van der Waals surface area contributed by atoms with E-state index in [0.717, 1.165) is 12.3 Å². The highest BCUT2D eigenvalue weighted by Gasteiger charge is 2.60. The van der Waals surface area contributed by atoms with Gasteiger partial charge in [-0.25, -0.2) is 18.1 Å². The lowest BCUT2D eigenvalue weighted by atomic mass is 9.99. The number of esters is 1. The molecule has 1 aromatic heterocycles. The van der Waals surface area contributed by atoms with E-state index in [-0.39, 0.29) is 18.5 Å². The fourth-order valence-corrected chi connectivity index (χ4v) is 3.12. The molecule has 4 N–H and O–H groups in total. The Labute approximate surface area is 184 Å². The van der Waals surface area contributed by atoms with Gasteiger partial charge < -0.3 is 34.7 Å². The van der Waals surface area contributed by atoms with Crippen molar-refractivity contribution in [3.05, 3.63) is 22.7 Å². The van der Waals surface area contributed by atoms with Crippen molar-refractivity contribution in [1.29, 1.82) is 0 Å². The Balaban J connectivity index is 2.09. The molecule has 0 radical (unpaired) electrons. The molecule has 14 nitrogen and oxygen atoms in total. The molecular formula is C16H21F2N4O10P. The Morgan fingerprint density at radius 2 is 2.12 bits per heavy atom. The van der Waals surface area contributed by atoms with E-state index in [2.05, 4.69) is 20.1 Å². The van der Waals surface area contributed by atoms with Crippen LogP contribution in [0.4, 0.5) is 14.6 Å². The third kappa shape index (κ3) is 7.18. The van der Waals surface area contributed by atoms with Gasteiger partial charge in [0.25, 0.3) is 5.91 Å². The molecule has 0 saturated carbocycles. The largest absolute Gasteiger partial charge is 0.469 e. The SMILES string of the molecule is CNCCC(=O)OCC(=O)Nc1ccn([C@@H]2O[C@H](COP(=O)(O)O)C(C=O)C2(F)F)c(=O)n1. The van der Waals surface area contributed by atoms with E-state index in [1.165, 1.54) is 0 Å². The van der Waals surface area contributed by atoms with Gasteiger partial charge in [-0.1, -0.05) is 0 Å². The number of halogens is 2. The number of nitrogens with zero attached hydrogens (tertiary/aromatic N) is 2. The average Bonchev–Trinajstić information content (AvgIpc) is 2.98. The number of rotatable bonds is 11. The quantitative estimate of drug-likeness (QED) is 0.162. The van der Waals surface area contributed by atoms with Crippen LogP contribution < -0.4 is 16.3 Å². The minimum Gasteiger partial charge on any atom is -0.456 e. The van der Waals surface area contributed by atoms with Gasteiger partial charge >= 0.3 is 25.4 Å². The van der Waals surface area contributed by atoms with Gasteiger partial charge in [-0.15, -0.1) is 0 Å². The summed E-state index contributed by atoms with van der Waals surface area (Å²) in [6.45, 7) is -1.37. The summed E-state index contributed by atoms with van der Waals surface area (Å²) < 4.78 is 54.3. The van der Waals surface area contributed by atoms with E-state index in [4.69, 9.17) is 19.3 Å². The van der Waals surface area contributed by atoms with E-state index in [9.17, 15) is 32.5 Å². The second kappa shape index (κ2) is 11.0. The molecule has 1 saturated heterocycles. The summed E-state index contributed by atoms with van der Waals surface area (Å²) in [5.74, 6) is -7.94. The van der Waals surface area contributed by atoms with Crippen LogP contribution in [0.3, 0.4) is 0 Å². The van der Waals surface area contributed by atoms with Gasteiger partial charge in [0.15, 0.2) is 6.61 Å². The molecule has 0 spiro atoms. The fraction of sp³-hybridized carbons (Fsp3) is 0.562. The van der Waals surface area contributed by atoms with Crippen LogP contribution in [0.1, 0.15) is 12.6 Å². The molecule has 33 heavy (non-hydrogen) atoms. The minimum absolute atomic E-state index is 0.0235. The van der Waals surface area contributed by atoms with Gasteiger partial charge in [0.1, 0.15) is 18.0 Å². The predicted molar refractivity (Wildman–Crippen MR) is 103 cm³/mol. The molecule has 1 unspecified atom stereocenters. The van der Waals surface area contributed by atoms with Crippen molar-refractivity contribution < 1.29 is 51.5 Å². The van der Waals surface area contributed by atoms with Crippen molar-refractivity contribution in [2.45, 2.75) is 24.7 Å². The van der Waals surface area contributed by atoms with Crippen LogP contribution in [-0.4, -0.2) is 76.3 Å². The molecule has 1 fully saturated rings. The second-order valence-corrected chi connectivity index (χ2v) is 7.95. The van der Waals surface area contributed by atoms with Gasteiger partial charge in [0, 0.05) is 12.7 Å². The number of alkyl halides is 2. The first-order valence-corrected chi connectivity index (χ1v) is 10.8. The molecule has 184 valence electrons. The summed E-state index contributed by atoms with van der Waals surface area (Å²) in [5.41, 5.74) is -1.29. The zero-order chi connectivity index (χ0) is 24.8. The Bertz CT molecular complexity index is 984. The Hall–Kier alpha value is -2.62. The summed E-state index contributed by atoms with van der Waals surface area (Å²) in [7, 11) is -3.41. The number of hydrogen-bond acceptors (Lipinski definition) is 10. The highest BCUT2D eigenvalue weighted by Crippen LogP contribution is 2.47. The number of phosphoric acid groups is 1. The van der Waals surface area contributed by atoms with E-state index in [0.29, 0.717) is 11.1 Å². The van der Waals surface area contributed by atoms with Crippen LogP contribution in [0.15, 0.2) is 17.1 Å². The fourth-order valence-electron chi connectivity index (χ4n) is 2.78. The lowest BCUT2D eigenvalue weighted by molar-refractivity contribution is -0.147. The van der Waals surface area contributed by atoms with Crippen LogP contribution in [0, 0.1) is 5.92 Å². The number of phosphoric ester groups is 1. The van der Waals surface area contributed by atoms with Crippen molar-refractivity contribution in [1.82, 2.24) is 14.9 Å². The van der Waals surface area contributed by atoms with Gasteiger partial charge in [-0.05, 0) is 13.1 Å². The van der Waals surface area contributed by atoms with Crippen molar-refractivity contribution in [3.8, 4) is 0 Å².